The number of aliphatic hydroxyl groups is 16. The van der Waals surface area contributed by atoms with Crippen molar-refractivity contribution in [2.24, 2.45) is 50.2 Å². The molecule has 4 saturated carbocycles. The van der Waals surface area contributed by atoms with Crippen LogP contribution in [0.1, 0.15) is 92.9 Å². The van der Waals surface area contributed by atoms with E-state index in [1.165, 1.54) is 6.92 Å². The van der Waals surface area contributed by atoms with Crippen molar-refractivity contribution in [2.75, 3.05) is 39.6 Å². The molecule has 0 amide bonds. The van der Waals surface area contributed by atoms with Gasteiger partial charge >= 0.3 is 11.9 Å². The molecule has 32 atom stereocenters. The number of fused-ring (bicyclic) bond motifs is 7. The normalized spacial score (nSPS) is 54.6. The van der Waals surface area contributed by atoms with Crippen LogP contribution in [-0.4, -0.2) is 285 Å². The lowest BCUT2D eigenvalue weighted by atomic mass is 9.33. The first-order valence-corrected chi connectivity index (χ1v) is 29.9. The quantitative estimate of drug-likeness (QED) is 0.0439. The predicted molar refractivity (Wildman–Crippen MR) is 282 cm³/mol. The second-order valence-electron chi connectivity index (χ2n) is 27.8. The molecule has 10 rings (SSSR count). The lowest BCUT2D eigenvalue weighted by Crippen LogP contribution is -2.72. The van der Waals surface area contributed by atoms with Crippen molar-refractivity contribution in [1.29, 1.82) is 0 Å². The van der Waals surface area contributed by atoms with Crippen molar-refractivity contribution < 1.29 is 144 Å². The third-order valence-electron chi connectivity index (χ3n) is 22.6. The number of aliphatic hydroxyl groups excluding tert-OH is 15. The monoisotopic (exact) mass is 1240 g/mol. The molecule has 0 bridgehead atoms. The van der Waals surface area contributed by atoms with Crippen molar-refractivity contribution in [1.82, 2.24) is 0 Å². The second kappa shape index (κ2) is 24.0. The Labute approximate surface area is 495 Å². The molecular formula is C57H90O29. The fraction of sp³-hybridized carbons (Fsp3) is 0.930. The summed E-state index contributed by atoms with van der Waals surface area (Å²) in [6.45, 7) is 7.22. The Morgan fingerprint density at radius 2 is 1.26 bits per heavy atom. The van der Waals surface area contributed by atoms with Gasteiger partial charge in [0.15, 0.2) is 31.3 Å². The van der Waals surface area contributed by atoms with Crippen LogP contribution in [0.2, 0.25) is 0 Å². The van der Waals surface area contributed by atoms with Gasteiger partial charge in [-0.3, -0.25) is 9.59 Å². The molecule has 17 N–H and O–H groups in total. The Morgan fingerprint density at radius 3 is 1.91 bits per heavy atom. The maximum Gasteiger partial charge on any atom is 0.317 e. The smallest absolute Gasteiger partial charge is 0.317 e. The number of hydrogen-bond acceptors (Lipinski definition) is 28. The molecular weight excluding hydrogens is 1150 g/mol. The SMILES string of the molecule is C[C@H]1O[C@H](O[C@@H]2[C@@H](OC(=O)[C@@]34CCC(C)(C)C[C@@H]3C3=CCC5[C@]6(C)C[C@@H](O)[C@@H](O[C@H]7O[C@@H](CO)[C@H](O)[C@@H](O)[C@@H]7O)[C@@](CO)(C(=O)O)C6CC[C@]5(C)[C@@]3(C)C[C@@H]4O)OC[C@@H](O)[C@H]2O)[C@@H](O)[C@@H](O)[C@@H]1O[C@H]1OC[C@H](O)[C@@H](O[C@H]2OC[C@@](O)(CO)[C@@H]2O)[C@@H]1O. The largest absolute Gasteiger partial charge is 0.481 e. The number of carbonyl (C=O) groups excluding carboxylic acids is 1. The molecule has 5 heterocycles. The van der Waals surface area contributed by atoms with Crippen molar-refractivity contribution in [3.63, 3.8) is 0 Å². The highest BCUT2D eigenvalue weighted by Gasteiger charge is 2.75. The number of carbonyl (C=O) groups is 2. The average molecular weight is 1240 g/mol. The molecule has 492 valence electrons. The minimum Gasteiger partial charge on any atom is -0.481 e. The molecule has 0 aromatic heterocycles. The number of esters is 1. The van der Waals surface area contributed by atoms with E-state index in [2.05, 4.69) is 20.8 Å². The Morgan fingerprint density at radius 1 is 0.616 bits per heavy atom. The van der Waals surface area contributed by atoms with Crippen LogP contribution >= 0.6 is 0 Å². The van der Waals surface area contributed by atoms with Crippen molar-refractivity contribution >= 4 is 11.9 Å². The van der Waals surface area contributed by atoms with Crippen LogP contribution in [0.25, 0.3) is 0 Å². The van der Waals surface area contributed by atoms with Crippen LogP contribution in [0.15, 0.2) is 11.6 Å². The highest BCUT2D eigenvalue weighted by atomic mass is 16.8. The van der Waals surface area contributed by atoms with Crippen molar-refractivity contribution in [3.05, 3.63) is 11.6 Å². The maximum absolute atomic E-state index is 15.4. The average Bonchev–Trinajstić information content (AvgIpc) is 0.892. The van der Waals surface area contributed by atoms with Gasteiger partial charge in [-0.15, -0.1) is 0 Å². The highest BCUT2D eigenvalue weighted by Crippen LogP contribution is 2.76. The Hall–Kier alpha value is -2.32. The molecule has 0 radical (unpaired) electrons. The first-order chi connectivity index (χ1) is 40.2. The van der Waals surface area contributed by atoms with E-state index in [1.54, 1.807) is 0 Å². The molecule has 0 spiro atoms. The van der Waals surface area contributed by atoms with E-state index in [1.807, 2.05) is 19.9 Å². The lowest BCUT2D eigenvalue weighted by Gasteiger charge is -2.72. The number of rotatable bonds is 14. The van der Waals surface area contributed by atoms with Gasteiger partial charge in [-0.25, -0.2) is 0 Å². The molecule has 29 nitrogen and oxygen atoms in total. The topological polar surface area (TPSA) is 470 Å². The van der Waals surface area contributed by atoms with Crippen LogP contribution in [0, 0.1) is 50.2 Å². The number of allylic oxidation sites excluding steroid dienone is 2. The first kappa shape index (κ1) is 66.6. The number of carboxylic acid groups (broad SMARTS) is 1. The van der Waals surface area contributed by atoms with Crippen LogP contribution in [-0.2, 0) is 57.0 Å². The van der Waals surface area contributed by atoms with Gasteiger partial charge in [0.05, 0.1) is 58.0 Å². The molecule has 0 aromatic rings. The van der Waals surface area contributed by atoms with Crippen LogP contribution in [0.4, 0.5) is 0 Å². The molecule has 0 aromatic carbocycles. The molecule has 5 aliphatic carbocycles. The maximum atomic E-state index is 15.4. The van der Waals surface area contributed by atoms with E-state index in [9.17, 15) is 91.6 Å². The summed E-state index contributed by atoms with van der Waals surface area (Å²) in [5.74, 6) is -4.37. The zero-order valence-corrected chi connectivity index (χ0v) is 49.0. The first-order valence-electron chi connectivity index (χ1n) is 29.9. The standard InChI is InChI=1S/C57H90O29/c1-22-39(82-44-38(71)40(27(63)18-77-44)83-48-42(72)55(76,19-59)21-79-48)35(68)37(70)45(80-22)84-41-32(65)26(62)17-78-47(41)86-50(75)56-12-11-51(2,3)13-24(56)23-7-8-29-52(4)14-25(61)43(85-46-36(69)34(67)33(66)28(16-58)81-46)57(20-60,49(73)74)30(52)9-10-53(29,5)54(23,6)15-31(56)64/h7,22,24-48,58-72,76H,8-21H2,1-6H3,(H,73,74)/t22-,24-,25-,26-,27+,28+,29?,30?,31+,32-,33+,34-,35-,36+,37+,38+,39-,40-,41+,42-,43-,44-,45-,46-,47-,48-,52+,53+,54+,55+,56+,57+/m1/s1. The van der Waals surface area contributed by atoms with Crippen molar-refractivity contribution in [2.45, 2.75) is 240 Å². The Bertz CT molecular complexity index is 2470. The minimum atomic E-state index is -2.21. The van der Waals surface area contributed by atoms with E-state index in [4.69, 9.17) is 47.4 Å². The van der Waals surface area contributed by atoms with E-state index in [0.717, 1.165) is 5.57 Å². The zero-order valence-electron chi connectivity index (χ0n) is 49.0. The molecule has 5 saturated heterocycles. The van der Waals surface area contributed by atoms with Gasteiger partial charge < -0.3 is 134 Å². The minimum absolute atomic E-state index is 0.00616. The van der Waals surface area contributed by atoms with E-state index >= 15 is 4.79 Å². The Kier molecular flexibility index (Phi) is 18.6. The lowest BCUT2D eigenvalue weighted by molar-refractivity contribution is -0.372. The van der Waals surface area contributed by atoms with E-state index in [0.29, 0.717) is 25.7 Å². The summed E-state index contributed by atoms with van der Waals surface area (Å²) in [5.41, 5.74) is -8.17. The number of hydrogen-bond donors (Lipinski definition) is 17. The summed E-state index contributed by atoms with van der Waals surface area (Å²) in [4.78, 5) is 29.3. The highest BCUT2D eigenvalue weighted by molar-refractivity contribution is 5.80. The van der Waals surface area contributed by atoms with Crippen LogP contribution < -0.4 is 0 Å². The Balaban J connectivity index is 0.872. The summed E-state index contributed by atoms with van der Waals surface area (Å²) in [6.07, 6.45) is -35.2. The fourth-order valence-corrected chi connectivity index (χ4v) is 17.4. The molecule has 29 heteroatoms. The number of carboxylic acids is 1. The van der Waals surface area contributed by atoms with Gasteiger partial charge in [0, 0.05) is 0 Å². The predicted octanol–water partition coefficient (Wildman–Crippen LogP) is -5.29. The van der Waals surface area contributed by atoms with Gasteiger partial charge in [-0.1, -0.05) is 46.3 Å². The van der Waals surface area contributed by atoms with Gasteiger partial charge in [0.25, 0.3) is 0 Å². The van der Waals surface area contributed by atoms with Crippen molar-refractivity contribution in [3.8, 4) is 0 Å². The molecule has 2 unspecified atom stereocenters. The van der Waals surface area contributed by atoms with Crippen LogP contribution in [0.5, 0.6) is 0 Å². The van der Waals surface area contributed by atoms with Gasteiger partial charge in [0.2, 0.25) is 6.29 Å². The third kappa shape index (κ3) is 10.4. The summed E-state index contributed by atoms with van der Waals surface area (Å²) in [7, 11) is 0. The molecule has 9 fully saturated rings. The molecule has 86 heavy (non-hydrogen) atoms. The number of aliphatic carboxylic acids is 1. The summed E-state index contributed by atoms with van der Waals surface area (Å²) in [5, 5.41) is 187. The van der Waals surface area contributed by atoms with Gasteiger partial charge in [-0.2, -0.15) is 0 Å². The zero-order chi connectivity index (χ0) is 62.9. The van der Waals surface area contributed by atoms with Gasteiger partial charge in [-0.05, 0) is 97.7 Å². The summed E-state index contributed by atoms with van der Waals surface area (Å²) < 4.78 is 58.2. The number of ether oxygens (including phenoxy) is 10. The van der Waals surface area contributed by atoms with E-state index in [-0.39, 0.29) is 31.1 Å². The second-order valence-corrected chi connectivity index (χ2v) is 27.8. The summed E-state index contributed by atoms with van der Waals surface area (Å²) in [6, 6.07) is 0. The molecule has 5 aliphatic heterocycles. The van der Waals surface area contributed by atoms with E-state index < -0.39 is 243 Å². The van der Waals surface area contributed by atoms with Crippen LogP contribution in [0.3, 0.4) is 0 Å². The third-order valence-corrected chi connectivity index (χ3v) is 22.6. The summed E-state index contributed by atoms with van der Waals surface area (Å²) >= 11 is 0. The van der Waals surface area contributed by atoms with Gasteiger partial charge in [0.1, 0.15) is 102 Å². The fourth-order valence-electron chi connectivity index (χ4n) is 17.4. The molecule has 10 aliphatic rings.